The maximum atomic E-state index is 6.12. The Kier molecular flexibility index (Phi) is 6.46. The lowest BCUT2D eigenvalue weighted by Crippen LogP contribution is -2.39. The second-order valence-corrected chi connectivity index (χ2v) is 6.84. The Bertz CT molecular complexity index is 733. The highest BCUT2D eigenvalue weighted by Crippen LogP contribution is 2.20. The molecule has 0 saturated carbocycles. The van der Waals surface area contributed by atoms with Gasteiger partial charge in [0, 0.05) is 10.7 Å². The van der Waals surface area contributed by atoms with Crippen LogP contribution >= 0.6 is 23.8 Å². The molecule has 0 aliphatic rings. The van der Waals surface area contributed by atoms with Gasteiger partial charge in [-0.2, -0.15) is 0 Å². The number of aryl methyl sites for hydroxylation is 3. The van der Waals surface area contributed by atoms with Crippen molar-refractivity contribution < 1.29 is 4.74 Å². The van der Waals surface area contributed by atoms with E-state index in [0.717, 1.165) is 17.0 Å². The molecule has 5 heteroatoms. The smallest absolute Gasteiger partial charge is 0.171 e. The molecule has 3 nitrogen and oxygen atoms in total. The van der Waals surface area contributed by atoms with Crippen molar-refractivity contribution in [3.8, 4) is 5.75 Å². The molecular formula is C19H23ClN2OS. The lowest BCUT2D eigenvalue weighted by Gasteiger charge is -2.18. The van der Waals surface area contributed by atoms with Crippen LogP contribution in [0.2, 0.25) is 5.02 Å². The molecule has 2 rings (SSSR count). The quantitative estimate of drug-likeness (QED) is 0.732. The molecule has 2 N–H and O–H groups in total. The topological polar surface area (TPSA) is 33.3 Å². The first-order chi connectivity index (χ1) is 11.3. The molecule has 0 aliphatic carbocycles. The standard InChI is InChI=1S/C19H23ClN2OS/c1-12-6-8-17(9-14(12)3)23-11-15(4)21-19(24)22-16-7-5-13(2)18(20)10-16/h5-10,15H,11H2,1-4H3,(H2,21,22,24). The van der Waals surface area contributed by atoms with Crippen molar-refractivity contribution in [3.05, 3.63) is 58.1 Å². The van der Waals surface area contributed by atoms with E-state index in [-0.39, 0.29) is 6.04 Å². The summed E-state index contributed by atoms with van der Waals surface area (Å²) in [6.45, 7) is 8.69. The van der Waals surface area contributed by atoms with Gasteiger partial charge in [0.15, 0.2) is 5.11 Å². The number of anilines is 1. The monoisotopic (exact) mass is 362 g/mol. The Labute approximate surface area is 154 Å². The number of hydrogen-bond acceptors (Lipinski definition) is 2. The van der Waals surface area contributed by atoms with E-state index in [1.165, 1.54) is 11.1 Å². The lowest BCUT2D eigenvalue weighted by atomic mass is 10.1. The van der Waals surface area contributed by atoms with E-state index in [4.69, 9.17) is 28.6 Å². The van der Waals surface area contributed by atoms with Crippen LogP contribution in [-0.2, 0) is 0 Å². The van der Waals surface area contributed by atoms with E-state index < -0.39 is 0 Å². The molecule has 0 amide bonds. The molecule has 2 aromatic carbocycles. The first-order valence-corrected chi connectivity index (χ1v) is 8.67. The van der Waals surface area contributed by atoms with Crippen molar-refractivity contribution in [1.29, 1.82) is 0 Å². The Morgan fingerprint density at radius 2 is 1.79 bits per heavy atom. The molecule has 0 aliphatic heterocycles. The fourth-order valence-electron chi connectivity index (χ4n) is 2.13. The summed E-state index contributed by atoms with van der Waals surface area (Å²) in [5.41, 5.74) is 4.39. The number of halogens is 1. The predicted molar refractivity (Wildman–Crippen MR) is 106 cm³/mol. The van der Waals surface area contributed by atoms with Crippen LogP contribution in [0.4, 0.5) is 5.69 Å². The normalized spacial score (nSPS) is 11.7. The second-order valence-electron chi connectivity index (χ2n) is 6.02. The molecule has 0 heterocycles. The summed E-state index contributed by atoms with van der Waals surface area (Å²) < 4.78 is 5.82. The van der Waals surface area contributed by atoms with Gasteiger partial charge in [-0.1, -0.05) is 23.7 Å². The number of ether oxygens (including phenoxy) is 1. The minimum absolute atomic E-state index is 0.0764. The molecule has 24 heavy (non-hydrogen) atoms. The van der Waals surface area contributed by atoms with E-state index in [1.807, 2.05) is 44.2 Å². The van der Waals surface area contributed by atoms with Gasteiger partial charge in [-0.05, 0) is 80.9 Å². The third kappa shape index (κ3) is 5.39. The van der Waals surface area contributed by atoms with Gasteiger partial charge in [-0.25, -0.2) is 0 Å². The highest BCUT2D eigenvalue weighted by Gasteiger charge is 2.07. The number of hydrogen-bond donors (Lipinski definition) is 2. The summed E-state index contributed by atoms with van der Waals surface area (Å²) in [5, 5.41) is 7.61. The fraction of sp³-hybridized carbons (Fsp3) is 0.316. The minimum atomic E-state index is 0.0764. The highest BCUT2D eigenvalue weighted by molar-refractivity contribution is 7.80. The maximum absolute atomic E-state index is 6.12. The van der Waals surface area contributed by atoms with Crippen LogP contribution in [0.15, 0.2) is 36.4 Å². The summed E-state index contributed by atoms with van der Waals surface area (Å²) in [5.74, 6) is 0.871. The zero-order valence-electron chi connectivity index (χ0n) is 14.4. The summed E-state index contributed by atoms with van der Waals surface area (Å²) in [6.07, 6.45) is 0. The minimum Gasteiger partial charge on any atom is -0.491 e. The molecule has 128 valence electrons. The van der Waals surface area contributed by atoms with Crippen molar-refractivity contribution in [1.82, 2.24) is 5.32 Å². The SMILES string of the molecule is Cc1ccc(OCC(C)NC(=S)Nc2ccc(C)c(Cl)c2)cc1C. The Morgan fingerprint density at radius 3 is 2.46 bits per heavy atom. The zero-order valence-corrected chi connectivity index (χ0v) is 16.0. The third-order valence-corrected chi connectivity index (χ3v) is 4.41. The van der Waals surface area contributed by atoms with Crippen LogP contribution in [0.3, 0.4) is 0 Å². The Morgan fingerprint density at radius 1 is 1.08 bits per heavy atom. The van der Waals surface area contributed by atoms with Gasteiger partial charge in [-0.3, -0.25) is 0 Å². The van der Waals surface area contributed by atoms with Gasteiger partial charge in [0.25, 0.3) is 0 Å². The van der Waals surface area contributed by atoms with Crippen LogP contribution in [0.25, 0.3) is 0 Å². The second kappa shape index (κ2) is 8.36. The van der Waals surface area contributed by atoms with Crippen LogP contribution in [-0.4, -0.2) is 17.8 Å². The highest BCUT2D eigenvalue weighted by atomic mass is 35.5. The van der Waals surface area contributed by atoms with Crippen LogP contribution < -0.4 is 15.4 Å². The fourth-order valence-corrected chi connectivity index (χ4v) is 2.63. The summed E-state index contributed by atoms with van der Waals surface area (Å²) in [6, 6.07) is 11.9. The molecule has 0 spiro atoms. The molecule has 0 bridgehead atoms. The summed E-state index contributed by atoms with van der Waals surface area (Å²) in [7, 11) is 0. The summed E-state index contributed by atoms with van der Waals surface area (Å²) in [4.78, 5) is 0. The third-order valence-electron chi connectivity index (χ3n) is 3.79. The van der Waals surface area contributed by atoms with Crippen molar-refractivity contribution >= 4 is 34.6 Å². The van der Waals surface area contributed by atoms with Crippen LogP contribution in [0, 0.1) is 20.8 Å². The average molecular weight is 363 g/mol. The van der Waals surface area contributed by atoms with Crippen LogP contribution in [0.5, 0.6) is 5.75 Å². The van der Waals surface area contributed by atoms with Crippen molar-refractivity contribution in [3.63, 3.8) is 0 Å². The van der Waals surface area contributed by atoms with Gasteiger partial charge < -0.3 is 15.4 Å². The predicted octanol–water partition coefficient (Wildman–Crippen LogP) is 5.02. The first kappa shape index (κ1) is 18.6. The van der Waals surface area contributed by atoms with Gasteiger partial charge in [0.1, 0.15) is 12.4 Å². The zero-order chi connectivity index (χ0) is 17.7. The first-order valence-electron chi connectivity index (χ1n) is 7.89. The van der Waals surface area contributed by atoms with Crippen molar-refractivity contribution in [2.75, 3.05) is 11.9 Å². The van der Waals surface area contributed by atoms with Crippen molar-refractivity contribution in [2.24, 2.45) is 0 Å². The molecule has 0 radical (unpaired) electrons. The number of rotatable bonds is 5. The number of nitrogens with one attached hydrogen (secondary N) is 2. The molecule has 0 saturated heterocycles. The van der Waals surface area contributed by atoms with Gasteiger partial charge in [0.05, 0.1) is 6.04 Å². The molecule has 0 fully saturated rings. The number of benzene rings is 2. The molecule has 2 aromatic rings. The van der Waals surface area contributed by atoms with E-state index in [2.05, 4.69) is 30.5 Å². The largest absolute Gasteiger partial charge is 0.491 e. The van der Waals surface area contributed by atoms with Crippen LogP contribution in [0.1, 0.15) is 23.6 Å². The summed E-state index contributed by atoms with van der Waals surface area (Å²) >= 11 is 11.5. The van der Waals surface area contributed by atoms with E-state index in [9.17, 15) is 0 Å². The van der Waals surface area contributed by atoms with E-state index in [0.29, 0.717) is 16.7 Å². The van der Waals surface area contributed by atoms with Gasteiger partial charge >= 0.3 is 0 Å². The van der Waals surface area contributed by atoms with Gasteiger partial charge in [0.2, 0.25) is 0 Å². The lowest BCUT2D eigenvalue weighted by molar-refractivity contribution is 0.287. The van der Waals surface area contributed by atoms with E-state index >= 15 is 0 Å². The number of thiocarbonyl (C=S) groups is 1. The van der Waals surface area contributed by atoms with Gasteiger partial charge in [-0.15, -0.1) is 0 Å². The Balaban J connectivity index is 1.82. The maximum Gasteiger partial charge on any atom is 0.171 e. The molecule has 0 aromatic heterocycles. The Hall–Kier alpha value is -1.78. The molecule has 1 atom stereocenters. The van der Waals surface area contributed by atoms with Crippen molar-refractivity contribution in [2.45, 2.75) is 33.7 Å². The molecular weight excluding hydrogens is 340 g/mol. The average Bonchev–Trinajstić information content (AvgIpc) is 2.52. The van der Waals surface area contributed by atoms with E-state index in [1.54, 1.807) is 0 Å². The molecule has 1 unspecified atom stereocenters.